The number of piperidine rings is 1. The molecule has 0 unspecified atom stereocenters. The number of likely N-dealkylation sites (tertiary alicyclic amines) is 1. The van der Waals surface area contributed by atoms with E-state index in [0.29, 0.717) is 25.7 Å². The van der Waals surface area contributed by atoms with Crippen molar-refractivity contribution >= 4 is 17.6 Å². The summed E-state index contributed by atoms with van der Waals surface area (Å²) in [6.07, 6.45) is 4.26. The third kappa shape index (κ3) is 7.27. The number of amides is 1. The molecule has 2 aromatic carbocycles. The van der Waals surface area contributed by atoms with Gasteiger partial charge >= 0.3 is 0 Å². The average Bonchev–Trinajstić information content (AvgIpc) is 2.85. The van der Waals surface area contributed by atoms with E-state index in [1.54, 1.807) is 14.2 Å². The lowest BCUT2D eigenvalue weighted by Gasteiger charge is -2.26. The van der Waals surface area contributed by atoms with Crippen molar-refractivity contribution < 1.29 is 14.3 Å². The van der Waals surface area contributed by atoms with Crippen molar-refractivity contribution in [2.24, 2.45) is 4.99 Å². The molecule has 1 aliphatic rings. The molecule has 32 heavy (non-hydrogen) atoms. The van der Waals surface area contributed by atoms with Gasteiger partial charge in [0.2, 0.25) is 0 Å². The molecule has 0 saturated carbocycles. The highest BCUT2D eigenvalue weighted by Crippen LogP contribution is 2.18. The second-order valence-corrected chi connectivity index (χ2v) is 7.82. The van der Waals surface area contributed by atoms with Crippen molar-refractivity contribution in [2.45, 2.75) is 32.2 Å². The molecule has 0 spiro atoms. The van der Waals surface area contributed by atoms with Crippen LogP contribution in [0.3, 0.4) is 0 Å². The zero-order valence-electron chi connectivity index (χ0n) is 19.1. The van der Waals surface area contributed by atoms with E-state index in [4.69, 9.17) is 9.47 Å². The van der Waals surface area contributed by atoms with Crippen LogP contribution < -0.4 is 15.4 Å². The Morgan fingerprint density at radius 1 is 1.06 bits per heavy atom. The quantitative estimate of drug-likeness (QED) is 0.353. The Bertz CT molecular complexity index is 877. The van der Waals surface area contributed by atoms with E-state index in [2.05, 4.69) is 15.6 Å². The van der Waals surface area contributed by atoms with Crippen molar-refractivity contribution in [3.8, 4) is 5.75 Å². The van der Waals surface area contributed by atoms with E-state index >= 15 is 0 Å². The maximum absolute atomic E-state index is 12.6. The third-order valence-electron chi connectivity index (χ3n) is 5.39. The Kier molecular flexibility index (Phi) is 9.37. The van der Waals surface area contributed by atoms with Crippen LogP contribution in [-0.2, 0) is 11.3 Å². The van der Waals surface area contributed by atoms with Gasteiger partial charge < -0.3 is 25.0 Å². The second-order valence-electron chi connectivity index (χ2n) is 7.82. The number of carbonyl (C=O) groups excluding carboxylic acids is 1. The first-order valence-corrected chi connectivity index (χ1v) is 11.3. The molecule has 2 aromatic rings. The van der Waals surface area contributed by atoms with Crippen molar-refractivity contribution in [1.29, 1.82) is 0 Å². The van der Waals surface area contributed by atoms with Crippen molar-refractivity contribution in [3.63, 3.8) is 0 Å². The highest BCUT2D eigenvalue weighted by Gasteiger charge is 2.17. The van der Waals surface area contributed by atoms with Crippen molar-refractivity contribution in [3.05, 3.63) is 59.7 Å². The fourth-order valence-corrected chi connectivity index (χ4v) is 3.60. The molecule has 0 aliphatic carbocycles. The summed E-state index contributed by atoms with van der Waals surface area (Å²) < 4.78 is 10.8. The van der Waals surface area contributed by atoms with E-state index < -0.39 is 0 Å². The summed E-state index contributed by atoms with van der Waals surface area (Å²) in [4.78, 5) is 18.9. The predicted octanol–water partition coefficient (Wildman–Crippen LogP) is 3.92. The van der Waals surface area contributed by atoms with Crippen LogP contribution in [-0.4, -0.2) is 57.2 Å². The molecule has 0 aromatic heterocycles. The summed E-state index contributed by atoms with van der Waals surface area (Å²) in [6.45, 7) is 3.63. The monoisotopic (exact) mass is 438 g/mol. The maximum Gasteiger partial charge on any atom is 0.253 e. The zero-order chi connectivity index (χ0) is 22.6. The minimum Gasteiger partial charge on any atom is -0.493 e. The Morgan fingerprint density at radius 3 is 2.56 bits per heavy atom. The van der Waals surface area contributed by atoms with Crippen LogP contribution in [0.5, 0.6) is 5.75 Å². The molecular formula is C25H34N4O3. The molecular weight excluding hydrogens is 404 g/mol. The van der Waals surface area contributed by atoms with Gasteiger partial charge in [0.05, 0.1) is 6.61 Å². The number of hydrogen-bond acceptors (Lipinski definition) is 4. The van der Waals surface area contributed by atoms with Crippen LogP contribution >= 0.6 is 0 Å². The number of hydrogen-bond donors (Lipinski definition) is 2. The Balaban J connectivity index is 1.49. The van der Waals surface area contributed by atoms with Crippen LogP contribution in [0.15, 0.2) is 53.5 Å². The van der Waals surface area contributed by atoms with Gasteiger partial charge in [-0.2, -0.15) is 0 Å². The largest absolute Gasteiger partial charge is 0.493 e. The van der Waals surface area contributed by atoms with Gasteiger partial charge in [-0.25, -0.2) is 0 Å². The molecule has 1 saturated heterocycles. The Hall–Kier alpha value is -3.06. The number of guanidine groups is 1. The summed E-state index contributed by atoms with van der Waals surface area (Å²) >= 11 is 0. The van der Waals surface area contributed by atoms with Crippen LogP contribution in [0.2, 0.25) is 0 Å². The minimum absolute atomic E-state index is 0.131. The smallest absolute Gasteiger partial charge is 0.253 e. The lowest BCUT2D eigenvalue weighted by Crippen LogP contribution is -2.35. The molecule has 0 radical (unpaired) electrons. The Morgan fingerprint density at radius 2 is 1.84 bits per heavy atom. The van der Waals surface area contributed by atoms with E-state index in [9.17, 15) is 4.79 Å². The number of benzene rings is 2. The standard InChI is InChI=1S/C25H34N4O3/c1-26-25(28-22-8-6-9-23(18-22)32-17-7-16-31-2)27-19-20-10-12-21(13-11-20)24(30)29-14-4-3-5-15-29/h6,8-13,18H,3-5,7,14-17,19H2,1-2H3,(H2,26,27,28). The SMILES string of the molecule is CN=C(NCc1ccc(C(=O)N2CCCCC2)cc1)Nc1cccc(OCCCOC)c1. The summed E-state index contributed by atoms with van der Waals surface area (Å²) in [5, 5.41) is 6.60. The van der Waals surface area contributed by atoms with Gasteiger partial charge in [0, 0.05) is 64.1 Å². The number of anilines is 1. The maximum atomic E-state index is 12.6. The van der Waals surface area contributed by atoms with E-state index in [1.807, 2.05) is 53.4 Å². The summed E-state index contributed by atoms with van der Waals surface area (Å²) in [6, 6.07) is 15.6. The first kappa shape index (κ1) is 23.6. The van der Waals surface area contributed by atoms with Crippen LogP contribution in [0.4, 0.5) is 5.69 Å². The fourth-order valence-electron chi connectivity index (χ4n) is 3.60. The molecule has 2 N–H and O–H groups in total. The molecule has 7 nitrogen and oxygen atoms in total. The molecule has 1 amide bonds. The summed E-state index contributed by atoms with van der Waals surface area (Å²) in [5.74, 6) is 1.59. The number of aliphatic imine (C=N–C) groups is 1. The number of nitrogens with zero attached hydrogens (tertiary/aromatic N) is 2. The number of carbonyl (C=O) groups is 1. The van der Waals surface area contributed by atoms with Gasteiger partial charge in [-0.05, 0) is 49.1 Å². The van der Waals surface area contributed by atoms with Gasteiger partial charge in [0.25, 0.3) is 5.91 Å². The number of ether oxygens (including phenoxy) is 2. The molecule has 0 atom stereocenters. The van der Waals surface area contributed by atoms with Crippen LogP contribution in [0.25, 0.3) is 0 Å². The highest BCUT2D eigenvalue weighted by molar-refractivity contribution is 5.94. The van der Waals surface area contributed by atoms with Crippen molar-refractivity contribution in [2.75, 3.05) is 45.8 Å². The first-order valence-electron chi connectivity index (χ1n) is 11.3. The number of rotatable bonds is 9. The molecule has 1 aliphatic heterocycles. The number of nitrogens with one attached hydrogen (secondary N) is 2. The van der Waals surface area contributed by atoms with Gasteiger partial charge in [-0.15, -0.1) is 0 Å². The zero-order valence-corrected chi connectivity index (χ0v) is 19.1. The molecule has 3 rings (SSSR count). The van der Waals surface area contributed by atoms with Gasteiger partial charge in [0.1, 0.15) is 5.75 Å². The van der Waals surface area contributed by atoms with Gasteiger partial charge in [-0.3, -0.25) is 9.79 Å². The highest BCUT2D eigenvalue weighted by atomic mass is 16.5. The second kappa shape index (κ2) is 12.7. The first-order chi connectivity index (χ1) is 15.7. The van der Waals surface area contributed by atoms with Crippen LogP contribution in [0, 0.1) is 0 Å². The Labute approximate surface area is 190 Å². The predicted molar refractivity (Wildman–Crippen MR) is 128 cm³/mol. The number of methoxy groups -OCH3 is 1. The lowest BCUT2D eigenvalue weighted by molar-refractivity contribution is 0.0724. The third-order valence-corrected chi connectivity index (χ3v) is 5.39. The molecule has 0 bridgehead atoms. The normalized spacial score (nSPS) is 14.2. The molecule has 1 fully saturated rings. The van der Waals surface area contributed by atoms with Gasteiger partial charge in [0.15, 0.2) is 5.96 Å². The molecule has 172 valence electrons. The minimum atomic E-state index is 0.131. The van der Waals surface area contributed by atoms with Crippen LogP contribution in [0.1, 0.15) is 41.6 Å². The molecule has 7 heteroatoms. The topological polar surface area (TPSA) is 75.2 Å². The fraction of sp³-hybridized carbons (Fsp3) is 0.440. The van der Waals surface area contributed by atoms with E-state index in [1.165, 1.54) is 6.42 Å². The summed E-state index contributed by atoms with van der Waals surface area (Å²) in [5.41, 5.74) is 2.73. The van der Waals surface area contributed by atoms with E-state index in [-0.39, 0.29) is 5.91 Å². The lowest BCUT2D eigenvalue weighted by atomic mass is 10.1. The molecule has 1 heterocycles. The average molecular weight is 439 g/mol. The van der Waals surface area contributed by atoms with E-state index in [0.717, 1.165) is 54.9 Å². The van der Waals surface area contributed by atoms with Gasteiger partial charge in [-0.1, -0.05) is 18.2 Å². The van der Waals surface area contributed by atoms with Crippen molar-refractivity contribution in [1.82, 2.24) is 10.2 Å². The summed E-state index contributed by atoms with van der Waals surface area (Å²) in [7, 11) is 3.42.